The molecule has 0 bridgehead atoms. The maximum atomic E-state index is 13.2. The van der Waals surface area contributed by atoms with Crippen molar-refractivity contribution in [2.75, 3.05) is 34.2 Å². The van der Waals surface area contributed by atoms with Crippen molar-refractivity contribution in [1.82, 2.24) is 9.21 Å². The molecule has 0 aliphatic carbocycles. The normalized spacial score (nSPS) is 12.4. The van der Waals surface area contributed by atoms with Gasteiger partial charge in [-0.3, -0.25) is 0 Å². The van der Waals surface area contributed by atoms with E-state index in [0.29, 0.717) is 13.1 Å². The minimum absolute atomic E-state index is 0.0146. The molecular formula is C12H19FN2O3S. The summed E-state index contributed by atoms with van der Waals surface area (Å²) in [5.41, 5.74) is -0.0258. The van der Waals surface area contributed by atoms with E-state index in [9.17, 15) is 12.8 Å². The SMILES string of the molecule is CN(C)CCN(C)S(=O)(=O)c1ccc(F)c(CO)c1. The van der Waals surface area contributed by atoms with Crippen LogP contribution in [0.3, 0.4) is 0 Å². The molecule has 0 saturated carbocycles. The third kappa shape index (κ3) is 3.97. The van der Waals surface area contributed by atoms with Gasteiger partial charge < -0.3 is 10.0 Å². The van der Waals surface area contributed by atoms with Crippen LogP contribution in [-0.2, 0) is 16.6 Å². The van der Waals surface area contributed by atoms with Crippen LogP contribution in [0.25, 0.3) is 0 Å². The zero-order valence-corrected chi connectivity index (χ0v) is 12.1. The maximum absolute atomic E-state index is 13.2. The average Bonchev–Trinajstić information content (AvgIpc) is 2.35. The Labute approximate surface area is 113 Å². The largest absolute Gasteiger partial charge is 0.392 e. The molecule has 0 amide bonds. The third-order valence-electron chi connectivity index (χ3n) is 2.76. The van der Waals surface area contributed by atoms with E-state index in [0.717, 1.165) is 12.1 Å². The van der Waals surface area contributed by atoms with Crippen LogP contribution in [-0.4, -0.2) is 57.0 Å². The number of aliphatic hydroxyl groups excluding tert-OH is 1. The van der Waals surface area contributed by atoms with E-state index >= 15 is 0 Å². The van der Waals surface area contributed by atoms with Gasteiger partial charge in [0.25, 0.3) is 0 Å². The first-order chi connectivity index (χ1) is 8.78. The molecule has 0 unspecified atom stereocenters. The van der Waals surface area contributed by atoms with Crippen molar-refractivity contribution in [3.05, 3.63) is 29.6 Å². The Morgan fingerprint density at radius 3 is 2.37 bits per heavy atom. The van der Waals surface area contributed by atoms with Gasteiger partial charge in [-0.25, -0.2) is 12.8 Å². The van der Waals surface area contributed by atoms with Gasteiger partial charge in [-0.2, -0.15) is 4.31 Å². The molecule has 5 nitrogen and oxygen atoms in total. The third-order valence-corrected chi connectivity index (χ3v) is 4.61. The Kier molecular flexibility index (Phi) is 5.42. The van der Waals surface area contributed by atoms with Gasteiger partial charge in [0, 0.05) is 25.7 Å². The summed E-state index contributed by atoms with van der Waals surface area (Å²) in [6.45, 7) is 0.390. The number of likely N-dealkylation sites (N-methyl/N-ethyl adjacent to an activating group) is 2. The smallest absolute Gasteiger partial charge is 0.242 e. The topological polar surface area (TPSA) is 60.9 Å². The highest BCUT2D eigenvalue weighted by Gasteiger charge is 2.21. The molecule has 0 atom stereocenters. The van der Waals surface area contributed by atoms with Crippen LogP contribution in [0.1, 0.15) is 5.56 Å². The summed E-state index contributed by atoms with van der Waals surface area (Å²) in [6, 6.07) is 3.42. The van der Waals surface area contributed by atoms with Gasteiger partial charge in [0.1, 0.15) is 5.82 Å². The first-order valence-corrected chi connectivity index (χ1v) is 7.23. The maximum Gasteiger partial charge on any atom is 0.242 e. The van der Waals surface area contributed by atoms with Gasteiger partial charge in [-0.15, -0.1) is 0 Å². The number of benzene rings is 1. The molecule has 0 radical (unpaired) electrons. The summed E-state index contributed by atoms with van der Waals surface area (Å²) < 4.78 is 38.9. The summed E-state index contributed by atoms with van der Waals surface area (Å²) in [5, 5.41) is 8.97. The predicted molar refractivity (Wildman–Crippen MR) is 70.7 cm³/mol. The van der Waals surface area contributed by atoms with Gasteiger partial charge >= 0.3 is 0 Å². The van der Waals surface area contributed by atoms with Crippen molar-refractivity contribution in [2.45, 2.75) is 11.5 Å². The number of sulfonamides is 1. The summed E-state index contributed by atoms with van der Waals surface area (Å²) in [6.07, 6.45) is 0. The molecular weight excluding hydrogens is 271 g/mol. The number of aliphatic hydroxyl groups is 1. The van der Waals surface area contributed by atoms with Crippen molar-refractivity contribution < 1.29 is 17.9 Å². The molecule has 0 aliphatic heterocycles. The van der Waals surface area contributed by atoms with Crippen molar-refractivity contribution in [3.63, 3.8) is 0 Å². The molecule has 7 heteroatoms. The van der Waals surface area contributed by atoms with E-state index in [1.165, 1.54) is 17.4 Å². The molecule has 1 aromatic carbocycles. The van der Waals surface area contributed by atoms with Crippen molar-refractivity contribution in [2.24, 2.45) is 0 Å². The monoisotopic (exact) mass is 290 g/mol. The van der Waals surface area contributed by atoms with E-state index in [-0.39, 0.29) is 10.5 Å². The molecule has 1 N–H and O–H groups in total. The highest BCUT2D eigenvalue weighted by Crippen LogP contribution is 2.18. The van der Waals surface area contributed by atoms with Gasteiger partial charge in [-0.05, 0) is 32.3 Å². The lowest BCUT2D eigenvalue weighted by molar-refractivity contribution is 0.275. The van der Waals surface area contributed by atoms with Crippen molar-refractivity contribution >= 4 is 10.0 Å². The fourth-order valence-corrected chi connectivity index (χ4v) is 2.69. The van der Waals surface area contributed by atoms with E-state index in [1.807, 2.05) is 19.0 Å². The lowest BCUT2D eigenvalue weighted by atomic mass is 10.2. The number of hydrogen-bond acceptors (Lipinski definition) is 4. The lowest BCUT2D eigenvalue weighted by Gasteiger charge is -2.19. The Hall–Kier alpha value is -1.02. The molecule has 0 spiro atoms. The Balaban J connectivity index is 2.99. The molecule has 0 fully saturated rings. The first-order valence-electron chi connectivity index (χ1n) is 5.79. The average molecular weight is 290 g/mol. The Morgan fingerprint density at radius 2 is 1.84 bits per heavy atom. The molecule has 19 heavy (non-hydrogen) atoms. The van der Waals surface area contributed by atoms with Crippen LogP contribution in [0.5, 0.6) is 0 Å². The zero-order valence-electron chi connectivity index (χ0n) is 11.3. The summed E-state index contributed by atoms with van der Waals surface area (Å²) in [5.74, 6) is -0.614. The second kappa shape index (κ2) is 6.42. The lowest BCUT2D eigenvalue weighted by Crippen LogP contribution is -2.33. The first kappa shape index (κ1) is 16.0. The van der Waals surface area contributed by atoms with Crippen LogP contribution < -0.4 is 0 Å². The molecule has 0 heterocycles. The van der Waals surface area contributed by atoms with Crippen LogP contribution in [0.15, 0.2) is 23.1 Å². The van der Waals surface area contributed by atoms with Gasteiger partial charge in [0.05, 0.1) is 11.5 Å². The van der Waals surface area contributed by atoms with Crippen LogP contribution >= 0.6 is 0 Å². The van der Waals surface area contributed by atoms with E-state index in [4.69, 9.17) is 5.11 Å². The minimum atomic E-state index is -3.66. The summed E-state index contributed by atoms with van der Waals surface area (Å²) >= 11 is 0. The predicted octanol–water partition coefficient (Wildman–Crippen LogP) is 0.500. The standard InChI is InChI=1S/C12H19FN2O3S/c1-14(2)6-7-15(3)19(17,18)11-4-5-12(13)10(8-11)9-16/h4-5,8,16H,6-7,9H2,1-3H3. The number of halogens is 1. The number of nitrogens with zero attached hydrogens (tertiary/aromatic N) is 2. The molecule has 0 saturated heterocycles. The van der Waals surface area contributed by atoms with Crippen LogP contribution in [0, 0.1) is 5.82 Å². The van der Waals surface area contributed by atoms with E-state index in [1.54, 1.807) is 0 Å². The number of hydrogen-bond donors (Lipinski definition) is 1. The number of rotatable bonds is 6. The molecule has 0 aromatic heterocycles. The zero-order chi connectivity index (χ0) is 14.6. The second-order valence-corrected chi connectivity index (χ2v) is 6.59. The Morgan fingerprint density at radius 1 is 1.21 bits per heavy atom. The minimum Gasteiger partial charge on any atom is -0.392 e. The van der Waals surface area contributed by atoms with E-state index < -0.39 is 22.4 Å². The quantitative estimate of drug-likeness (QED) is 0.829. The van der Waals surface area contributed by atoms with Crippen molar-refractivity contribution in [1.29, 1.82) is 0 Å². The van der Waals surface area contributed by atoms with E-state index in [2.05, 4.69) is 0 Å². The van der Waals surface area contributed by atoms with Gasteiger partial charge in [-0.1, -0.05) is 0 Å². The fourth-order valence-electron chi connectivity index (χ4n) is 1.47. The second-order valence-electron chi connectivity index (χ2n) is 4.54. The molecule has 0 aliphatic rings. The van der Waals surface area contributed by atoms with Gasteiger partial charge in [0.15, 0.2) is 0 Å². The summed E-state index contributed by atoms with van der Waals surface area (Å²) in [7, 11) is 1.52. The molecule has 108 valence electrons. The molecule has 1 rings (SSSR count). The van der Waals surface area contributed by atoms with Crippen LogP contribution in [0.4, 0.5) is 4.39 Å². The highest BCUT2D eigenvalue weighted by atomic mass is 32.2. The summed E-state index contributed by atoms with van der Waals surface area (Å²) in [4.78, 5) is 1.86. The fraction of sp³-hybridized carbons (Fsp3) is 0.500. The molecule has 1 aromatic rings. The van der Waals surface area contributed by atoms with Crippen molar-refractivity contribution in [3.8, 4) is 0 Å². The van der Waals surface area contributed by atoms with Gasteiger partial charge in [0.2, 0.25) is 10.0 Å². The Bertz CT molecular complexity index is 532. The van der Waals surface area contributed by atoms with Crippen LogP contribution in [0.2, 0.25) is 0 Å². The highest BCUT2D eigenvalue weighted by molar-refractivity contribution is 7.89.